The molecule has 2 N–H and O–H groups in total. The minimum Gasteiger partial charge on any atom is -0.462 e. The number of rotatable bonds is 5. The van der Waals surface area contributed by atoms with Crippen LogP contribution in [0.4, 0.5) is 0 Å². The highest BCUT2D eigenvalue weighted by Crippen LogP contribution is 2.13. The molecular weight excluding hydrogens is 206 g/mol. The van der Waals surface area contributed by atoms with E-state index in [1.165, 1.54) is 12.8 Å². The summed E-state index contributed by atoms with van der Waals surface area (Å²) in [4.78, 5) is 0. The Hall–Kier alpha value is -0.840. The van der Waals surface area contributed by atoms with Gasteiger partial charge in [-0.05, 0) is 30.9 Å². The molecular formula is C12H19NO3. The standard InChI is InChI=1S/C12H19NO3/c14-8-12-4-3-11(16-12)7-13-6-10-2-1-5-15-9-10/h3-4,10,13-14H,1-2,5-9H2. The van der Waals surface area contributed by atoms with Gasteiger partial charge in [0.05, 0.1) is 13.2 Å². The summed E-state index contributed by atoms with van der Waals surface area (Å²) < 4.78 is 10.8. The van der Waals surface area contributed by atoms with Gasteiger partial charge in [0.15, 0.2) is 0 Å². The molecule has 0 aromatic carbocycles. The fraction of sp³-hybridized carbons (Fsp3) is 0.667. The summed E-state index contributed by atoms with van der Waals surface area (Å²) >= 11 is 0. The van der Waals surface area contributed by atoms with Crippen molar-refractivity contribution in [3.63, 3.8) is 0 Å². The average molecular weight is 225 g/mol. The summed E-state index contributed by atoms with van der Waals surface area (Å²) in [5, 5.41) is 12.2. The van der Waals surface area contributed by atoms with Crippen LogP contribution >= 0.6 is 0 Å². The lowest BCUT2D eigenvalue weighted by Crippen LogP contribution is -2.28. The molecule has 4 heteroatoms. The number of ether oxygens (including phenoxy) is 1. The molecule has 90 valence electrons. The van der Waals surface area contributed by atoms with Gasteiger partial charge in [0.2, 0.25) is 0 Å². The molecule has 2 heterocycles. The highest BCUT2D eigenvalue weighted by atomic mass is 16.5. The van der Waals surface area contributed by atoms with E-state index in [1.54, 1.807) is 6.07 Å². The number of furan rings is 1. The molecule has 0 bridgehead atoms. The molecule has 4 nitrogen and oxygen atoms in total. The highest BCUT2D eigenvalue weighted by molar-refractivity contribution is 5.05. The third-order valence-electron chi connectivity index (χ3n) is 2.86. The molecule has 1 atom stereocenters. The van der Waals surface area contributed by atoms with Crippen molar-refractivity contribution >= 4 is 0 Å². The molecule has 1 aromatic rings. The first-order valence-corrected chi connectivity index (χ1v) is 5.85. The lowest BCUT2D eigenvalue weighted by Gasteiger charge is -2.21. The first kappa shape index (κ1) is 11.6. The van der Waals surface area contributed by atoms with Gasteiger partial charge < -0.3 is 19.6 Å². The fourth-order valence-corrected chi connectivity index (χ4v) is 1.97. The average Bonchev–Trinajstić information content (AvgIpc) is 2.78. The Kier molecular flexibility index (Phi) is 4.39. The second kappa shape index (κ2) is 6.03. The topological polar surface area (TPSA) is 54.6 Å². The predicted molar refractivity (Wildman–Crippen MR) is 59.9 cm³/mol. The number of aliphatic hydroxyl groups excluding tert-OH is 1. The van der Waals surface area contributed by atoms with E-state index in [-0.39, 0.29) is 6.61 Å². The second-order valence-electron chi connectivity index (χ2n) is 4.24. The van der Waals surface area contributed by atoms with Crippen LogP contribution in [0.3, 0.4) is 0 Å². The molecule has 1 aliphatic heterocycles. The second-order valence-corrected chi connectivity index (χ2v) is 4.24. The van der Waals surface area contributed by atoms with Crippen molar-refractivity contribution < 1.29 is 14.3 Å². The van der Waals surface area contributed by atoms with Crippen LogP contribution in [0.1, 0.15) is 24.4 Å². The van der Waals surface area contributed by atoms with Gasteiger partial charge in [-0.15, -0.1) is 0 Å². The maximum absolute atomic E-state index is 8.85. The van der Waals surface area contributed by atoms with E-state index in [0.717, 1.165) is 32.1 Å². The summed E-state index contributed by atoms with van der Waals surface area (Å²) in [5.74, 6) is 2.12. The number of hydrogen-bond acceptors (Lipinski definition) is 4. The highest BCUT2D eigenvalue weighted by Gasteiger charge is 2.13. The van der Waals surface area contributed by atoms with E-state index in [2.05, 4.69) is 5.32 Å². The number of aliphatic hydroxyl groups is 1. The smallest absolute Gasteiger partial charge is 0.129 e. The Labute approximate surface area is 95.6 Å². The van der Waals surface area contributed by atoms with Gasteiger partial charge in [-0.1, -0.05) is 0 Å². The van der Waals surface area contributed by atoms with E-state index in [9.17, 15) is 0 Å². The fourth-order valence-electron chi connectivity index (χ4n) is 1.97. The monoisotopic (exact) mass is 225 g/mol. The summed E-state index contributed by atoms with van der Waals surface area (Å²) in [7, 11) is 0. The Balaban J connectivity index is 1.66. The van der Waals surface area contributed by atoms with Crippen molar-refractivity contribution in [2.24, 2.45) is 5.92 Å². The third-order valence-corrected chi connectivity index (χ3v) is 2.86. The first-order valence-electron chi connectivity index (χ1n) is 5.85. The third kappa shape index (κ3) is 3.33. The van der Waals surface area contributed by atoms with Gasteiger partial charge in [0.25, 0.3) is 0 Å². The van der Waals surface area contributed by atoms with E-state index in [4.69, 9.17) is 14.3 Å². The molecule has 1 fully saturated rings. The molecule has 0 spiro atoms. The van der Waals surface area contributed by atoms with Crippen LogP contribution in [-0.4, -0.2) is 24.9 Å². The Bertz CT molecular complexity index is 305. The summed E-state index contributed by atoms with van der Waals surface area (Å²) in [6.45, 7) is 3.43. The summed E-state index contributed by atoms with van der Waals surface area (Å²) in [6, 6.07) is 3.71. The van der Waals surface area contributed by atoms with E-state index >= 15 is 0 Å². The number of hydrogen-bond donors (Lipinski definition) is 2. The summed E-state index contributed by atoms with van der Waals surface area (Å²) in [6.07, 6.45) is 2.41. The van der Waals surface area contributed by atoms with E-state index in [1.807, 2.05) is 6.07 Å². The van der Waals surface area contributed by atoms with Crippen molar-refractivity contribution in [1.29, 1.82) is 0 Å². The zero-order valence-corrected chi connectivity index (χ0v) is 9.45. The lowest BCUT2D eigenvalue weighted by molar-refractivity contribution is 0.0545. The minimum atomic E-state index is -0.0313. The Morgan fingerprint density at radius 3 is 2.94 bits per heavy atom. The van der Waals surface area contributed by atoms with Crippen LogP contribution in [0.25, 0.3) is 0 Å². The van der Waals surface area contributed by atoms with Crippen molar-refractivity contribution in [3.05, 3.63) is 23.7 Å². The van der Waals surface area contributed by atoms with Crippen LogP contribution < -0.4 is 5.32 Å². The predicted octanol–water partition coefficient (Wildman–Crippen LogP) is 1.29. The van der Waals surface area contributed by atoms with Crippen LogP contribution in [0.5, 0.6) is 0 Å². The number of nitrogens with one attached hydrogen (secondary N) is 1. The summed E-state index contributed by atoms with van der Waals surface area (Å²) in [5.41, 5.74) is 0. The van der Waals surface area contributed by atoms with E-state index < -0.39 is 0 Å². The normalized spacial score (nSPS) is 21.2. The molecule has 0 radical (unpaired) electrons. The van der Waals surface area contributed by atoms with Crippen molar-refractivity contribution in [3.8, 4) is 0 Å². The largest absolute Gasteiger partial charge is 0.462 e. The quantitative estimate of drug-likeness (QED) is 0.792. The molecule has 2 rings (SSSR count). The molecule has 0 saturated carbocycles. The lowest BCUT2D eigenvalue weighted by atomic mass is 10.0. The Morgan fingerprint density at radius 2 is 2.25 bits per heavy atom. The van der Waals surface area contributed by atoms with Crippen LogP contribution in [0, 0.1) is 5.92 Å². The van der Waals surface area contributed by atoms with Crippen molar-refractivity contribution in [2.75, 3.05) is 19.8 Å². The molecule has 1 aromatic heterocycles. The van der Waals surface area contributed by atoms with Gasteiger partial charge in [-0.2, -0.15) is 0 Å². The zero-order chi connectivity index (χ0) is 11.2. The van der Waals surface area contributed by atoms with Gasteiger partial charge >= 0.3 is 0 Å². The molecule has 0 amide bonds. The SMILES string of the molecule is OCc1ccc(CNCC2CCCOC2)o1. The van der Waals surface area contributed by atoms with Gasteiger partial charge in [0, 0.05) is 13.2 Å². The molecule has 16 heavy (non-hydrogen) atoms. The van der Waals surface area contributed by atoms with Crippen LogP contribution in [-0.2, 0) is 17.9 Å². The first-order chi connectivity index (χ1) is 7.88. The molecule has 0 aliphatic carbocycles. The maximum Gasteiger partial charge on any atom is 0.129 e. The van der Waals surface area contributed by atoms with E-state index in [0.29, 0.717) is 11.7 Å². The maximum atomic E-state index is 8.85. The van der Waals surface area contributed by atoms with Crippen molar-refractivity contribution in [1.82, 2.24) is 5.32 Å². The zero-order valence-electron chi connectivity index (χ0n) is 9.45. The van der Waals surface area contributed by atoms with Crippen LogP contribution in [0.15, 0.2) is 16.5 Å². The molecule has 1 aliphatic rings. The molecule has 1 unspecified atom stereocenters. The van der Waals surface area contributed by atoms with Gasteiger partial charge in [-0.25, -0.2) is 0 Å². The van der Waals surface area contributed by atoms with Gasteiger partial charge in [0.1, 0.15) is 18.1 Å². The van der Waals surface area contributed by atoms with Gasteiger partial charge in [-0.3, -0.25) is 0 Å². The minimum absolute atomic E-state index is 0.0313. The Morgan fingerprint density at radius 1 is 1.38 bits per heavy atom. The van der Waals surface area contributed by atoms with Crippen LogP contribution in [0.2, 0.25) is 0 Å². The molecule has 1 saturated heterocycles. The van der Waals surface area contributed by atoms with Crippen molar-refractivity contribution in [2.45, 2.75) is 26.0 Å².